The van der Waals surface area contributed by atoms with Gasteiger partial charge >= 0.3 is 6.03 Å². The molecule has 0 aliphatic carbocycles. The van der Waals surface area contributed by atoms with Crippen molar-refractivity contribution in [2.45, 2.75) is 26.8 Å². The van der Waals surface area contributed by atoms with E-state index in [0.29, 0.717) is 42.3 Å². The van der Waals surface area contributed by atoms with Crippen LogP contribution in [0, 0.1) is 13.8 Å². The molecule has 6 nitrogen and oxygen atoms in total. The Hall–Kier alpha value is -3.80. The Balaban J connectivity index is 1.56. The number of methoxy groups -OCH3 is 1. The molecular weight excluding hydrogens is 414 g/mol. The summed E-state index contributed by atoms with van der Waals surface area (Å²) in [5.41, 5.74) is 5.15. The second-order valence-corrected chi connectivity index (χ2v) is 8.41. The highest BCUT2D eigenvalue weighted by molar-refractivity contribution is 6.05. The summed E-state index contributed by atoms with van der Waals surface area (Å²) in [7, 11) is 1.59. The molecule has 1 aliphatic rings. The zero-order valence-corrected chi connectivity index (χ0v) is 19.3. The number of nitrogens with zero attached hydrogens (tertiary/aromatic N) is 2. The lowest BCUT2D eigenvalue weighted by Crippen LogP contribution is -2.49. The summed E-state index contributed by atoms with van der Waals surface area (Å²) in [5.74, 6) is 0.398. The molecule has 0 atom stereocenters. The number of rotatable bonds is 6. The molecule has 1 fully saturated rings. The fourth-order valence-corrected chi connectivity index (χ4v) is 4.15. The third-order valence-corrected chi connectivity index (χ3v) is 5.77. The van der Waals surface area contributed by atoms with E-state index in [9.17, 15) is 9.59 Å². The standard InChI is InChI=1S/C27H29N3O3/c1-19-7-4-9-21(15-19)18-29-13-6-14-30(27(29)32)24-17-23(11-12-25(24)33-3)28-26(31)22-10-5-8-20(2)16-22/h4-5,7-12,15-17H,6,13-14,18H2,1-3H3,(H,28,31). The Morgan fingerprint density at radius 2 is 1.73 bits per heavy atom. The lowest BCUT2D eigenvalue weighted by atomic mass is 10.1. The number of hydrogen-bond donors (Lipinski definition) is 1. The largest absolute Gasteiger partial charge is 0.495 e. The molecule has 6 heteroatoms. The van der Waals surface area contributed by atoms with Crippen molar-refractivity contribution in [3.63, 3.8) is 0 Å². The molecular formula is C27H29N3O3. The highest BCUT2D eigenvalue weighted by Gasteiger charge is 2.29. The maximum atomic E-state index is 13.4. The summed E-state index contributed by atoms with van der Waals surface area (Å²) in [5, 5.41) is 2.94. The molecule has 0 saturated carbocycles. The van der Waals surface area contributed by atoms with Gasteiger partial charge in [-0.05, 0) is 56.2 Å². The molecule has 1 saturated heterocycles. The second kappa shape index (κ2) is 9.77. The van der Waals surface area contributed by atoms with Crippen LogP contribution in [-0.4, -0.2) is 37.0 Å². The minimum Gasteiger partial charge on any atom is -0.495 e. The Labute approximate surface area is 194 Å². The summed E-state index contributed by atoms with van der Waals surface area (Å²) in [6, 6.07) is 21.0. The molecule has 4 rings (SSSR count). The summed E-state index contributed by atoms with van der Waals surface area (Å²) >= 11 is 0. The molecule has 33 heavy (non-hydrogen) atoms. The maximum Gasteiger partial charge on any atom is 0.324 e. The van der Waals surface area contributed by atoms with Gasteiger partial charge in [0.25, 0.3) is 5.91 Å². The van der Waals surface area contributed by atoms with Crippen molar-refractivity contribution >= 4 is 23.3 Å². The molecule has 0 aromatic heterocycles. The number of amides is 3. The van der Waals surface area contributed by atoms with Crippen molar-refractivity contribution in [3.05, 3.63) is 89.0 Å². The van der Waals surface area contributed by atoms with Crippen LogP contribution in [0.4, 0.5) is 16.2 Å². The van der Waals surface area contributed by atoms with Gasteiger partial charge in [-0.2, -0.15) is 0 Å². The number of carbonyl (C=O) groups excluding carboxylic acids is 2. The average Bonchev–Trinajstić information content (AvgIpc) is 2.80. The summed E-state index contributed by atoms with van der Waals surface area (Å²) in [6.07, 6.45) is 0.848. The quantitative estimate of drug-likeness (QED) is 0.555. The Kier molecular flexibility index (Phi) is 6.63. The molecule has 3 aromatic carbocycles. The van der Waals surface area contributed by atoms with E-state index in [1.54, 1.807) is 36.3 Å². The average molecular weight is 444 g/mol. The zero-order valence-electron chi connectivity index (χ0n) is 19.3. The normalized spacial score (nSPS) is 13.7. The van der Waals surface area contributed by atoms with Gasteiger partial charge in [0.1, 0.15) is 5.75 Å². The van der Waals surface area contributed by atoms with Crippen LogP contribution in [0.25, 0.3) is 0 Å². The highest BCUT2D eigenvalue weighted by Crippen LogP contribution is 2.34. The Bertz CT molecular complexity index is 1170. The molecule has 170 valence electrons. The van der Waals surface area contributed by atoms with Crippen molar-refractivity contribution in [2.24, 2.45) is 0 Å². The first-order valence-electron chi connectivity index (χ1n) is 11.1. The molecule has 0 bridgehead atoms. The second-order valence-electron chi connectivity index (χ2n) is 8.41. The minimum atomic E-state index is -0.194. The first kappa shape index (κ1) is 22.4. The van der Waals surface area contributed by atoms with Crippen molar-refractivity contribution < 1.29 is 14.3 Å². The number of benzene rings is 3. The van der Waals surface area contributed by atoms with Crippen molar-refractivity contribution in [3.8, 4) is 5.75 Å². The lowest BCUT2D eigenvalue weighted by molar-refractivity contribution is 0.102. The van der Waals surface area contributed by atoms with Crippen molar-refractivity contribution in [2.75, 3.05) is 30.4 Å². The number of carbonyl (C=O) groups is 2. The Morgan fingerprint density at radius 3 is 2.45 bits per heavy atom. The Morgan fingerprint density at radius 1 is 0.970 bits per heavy atom. The number of urea groups is 1. The molecule has 1 aliphatic heterocycles. The number of anilines is 2. The van der Waals surface area contributed by atoms with E-state index in [2.05, 4.69) is 24.4 Å². The fraction of sp³-hybridized carbons (Fsp3) is 0.259. The van der Waals surface area contributed by atoms with E-state index in [0.717, 1.165) is 17.5 Å². The number of hydrogen-bond acceptors (Lipinski definition) is 3. The number of aryl methyl sites for hydroxylation is 2. The monoisotopic (exact) mass is 443 g/mol. The molecule has 1 heterocycles. The van der Waals surface area contributed by atoms with Gasteiger partial charge in [0.15, 0.2) is 0 Å². The van der Waals surface area contributed by atoms with Crippen LogP contribution in [0.5, 0.6) is 5.75 Å². The predicted molar refractivity (Wildman–Crippen MR) is 131 cm³/mol. The van der Waals surface area contributed by atoms with Crippen LogP contribution in [0.3, 0.4) is 0 Å². The lowest BCUT2D eigenvalue weighted by Gasteiger charge is -2.36. The molecule has 3 aromatic rings. The van der Waals surface area contributed by atoms with Gasteiger partial charge in [0, 0.05) is 30.9 Å². The summed E-state index contributed by atoms with van der Waals surface area (Å²) in [6.45, 7) is 5.86. The number of nitrogens with one attached hydrogen (secondary N) is 1. The predicted octanol–water partition coefficient (Wildman–Crippen LogP) is 5.40. The van der Waals surface area contributed by atoms with E-state index in [1.807, 2.05) is 42.2 Å². The van der Waals surface area contributed by atoms with Gasteiger partial charge < -0.3 is 15.0 Å². The van der Waals surface area contributed by atoms with Crippen LogP contribution in [0.1, 0.15) is 33.5 Å². The van der Waals surface area contributed by atoms with Crippen LogP contribution in [-0.2, 0) is 6.54 Å². The molecule has 0 spiro atoms. The first-order valence-corrected chi connectivity index (χ1v) is 11.1. The van der Waals surface area contributed by atoms with E-state index in [-0.39, 0.29) is 11.9 Å². The summed E-state index contributed by atoms with van der Waals surface area (Å²) < 4.78 is 5.55. The SMILES string of the molecule is COc1ccc(NC(=O)c2cccc(C)c2)cc1N1CCCN(Cc2cccc(C)c2)C1=O. The van der Waals surface area contributed by atoms with Crippen molar-refractivity contribution in [1.29, 1.82) is 0 Å². The smallest absolute Gasteiger partial charge is 0.324 e. The van der Waals surface area contributed by atoms with Gasteiger partial charge in [0.2, 0.25) is 0 Å². The van der Waals surface area contributed by atoms with Crippen LogP contribution in [0.2, 0.25) is 0 Å². The van der Waals surface area contributed by atoms with Crippen LogP contribution >= 0.6 is 0 Å². The highest BCUT2D eigenvalue weighted by atomic mass is 16.5. The fourth-order valence-electron chi connectivity index (χ4n) is 4.15. The molecule has 1 N–H and O–H groups in total. The maximum absolute atomic E-state index is 13.4. The third kappa shape index (κ3) is 5.17. The summed E-state index contributed by atoms with van der Waals surface area (Å²) in [4.78, 5) is 29.7. The van der Waals surface area contributed by atoms with E-state index in [1.165, 1.54) is 5.56 Å². The van der Waals surface area contributed by atoms with Gasteiger partial charge in [0.05, 0.1) is 12.8 Å². The minimum absolute atomic E-state index is 0.0665. The van der Waals surface area contributed by atoms with E-state index >= 15 is 0 Å². The van der Waals surface area contributed by atoms with Crippen LogP contribution in [0.15, 0.2) is 66.7 Å². The molecule has 0 radical (unpaired) electrons. The number of ether oxygens (including phenoxy) is 1. The first-order chi connectivity index (χ1) is 15.9. The third-order valence-electron chi connectivity index (χ3n) is 5.77. The van der Waals surface area contributed by atoms with Gasteiger partial charge in [-0.3, -0.25) is 9.69 Å². The van der Waals surface area contributed by atoms with Gasteiger partial charge in [-0.15, -0.1) is 0 Å². The molecule has 0 unspecified atom stereocenters. The van der Waals surface area contributed by atoms with E-state index in [4.69, 9.17) is 4.74 Å². The van der Waals surface area contributed by atoms with E-state index < -0.39 is 0 Å². The van der Waals surface area contributed by atoms with Gasteiger partial charge in [-0.1, -0.05) is 47.5 Å². The van der Waals surface area contributed by atoms with Crippen molar-refractivity contribution in [1.82, 2.24) is 4.90 Å². The van der Waals surface area contributed by atoms with Gasteiger partial charge in [-0.25, -0.2) is 4.79 Å². The molecule has 3 amide bonds. The van der Waals surface area contributed by atoms with Crippen LogP contribution < -0.4 is 15.0 Å². The zero-order chi connectivity index (χ0) is 23.4. The topological polar surface area (TPSA) is 61.9 Å².